The first-order valence-corrected chi connectivity index (χ1v) is 10.9. The molecule has 0 amide bonds. The molecule has 0 aromatic heterocycles. The normalized spacial score (nSPS) is 12.4. The minimum atomic E-state index is -4.01. The number of rotatable bonds is 5. The molecule has 2 aromatic rings. The highest BCUT2D eigenvalue weighted by molar-refractivity contribution is 7.93. The Morgan fingerprint density at radius 2 is 1.54 bits per heavy atom. The van der Waals surface area contributed by atoms with Gasteiger partial charge in [0.05, 0.1) is 9.92 Å². The number of anilines is 1. The van der Waals surface area contributed by atoms with Crippen molar-refractivity contribution < 1.29 is 16.8 Å². The van der Waals surface area contributed by atoms with Gasteiger partial charge in [-0.3, -0.25) is 4.72 Å². The second-order valence-electron chi connectivity index (χ2n) is 5.75. The molecule has 0 spiro atoms. The molecule has 0 heterocycles. The largest absolute Gasteiger partial charge is 0.280 e. The number of sulfone groups is 1. The van der Waals surface area contributed by atoms with Gasteiger partial charge in [0.15, 0.2) is 9.84 Å². The highest BCUT2D eigenvalue weighted by atomic mass is 35.5. The molecule has 0 radical (unpaired) electrons. The molecule has 2 rings (SSSR count). The Balaban J connectivity index is 2.40. The van der Waals surface area contributed by atoms with Crippen molar-refractivity contribution >= 4 is 37.1 Å². The summed E-state index contributed by atoms with van der Waals surface area (Å²) in [5.74, 6) is 0.330. The first-order chi connectivity index (χ1) is 11.0. The van der Waals surface area contributed by atoms with E-state index in [0.717, 1.165) is 17.9 Å². The quantitative estimate of drug-likeness (QED) is 0.848. The average molecular weight is 388 g/mol. The van der Waals surface area contributed by atoms with E-state index in [1.165, 1.54) is 12.1 Å². The van der Waals surface area contributed by atoms with Crippen LogP contribution in [0.2, 0.25) is 5.02 Å². The fourth-order valence-electron chi connectivity index (χ4n) is 2.07. The second-order valence-corrected chi connectivity index (χ2v) is 9.82. The van der Waals surface area contributed by atoms with E-state index in [9.17, 15) is 16.8 Å². The number of hydrogen-bond acceptors (Lipinski definition) is 4. The van der Waals surface area contributed by atoms with E-state index < -0.39 is 19.9 Å². The van der Waals surface area contributed by atoms with Gasteiger partial charge in [-0.15, -0.1) is 0 Å². The molecule has 5 nitrogen and oxygen atoms in total. The highest BCUT2D eigenvalue weighted by Gasteiger charge is 2.21. The summed E-state index contributed by atoms with van der Waals surface area (Å²) in [6.45, 7) is 4.07. The van der Waals surface area contributed by atoms with Crippen molar-refractivity contribution in [2.75, 3.05) is 11.0 Å². The van der Waals surface area contributed by atoms with Gasteiger partial charge >= 0.3 is 0 Å². The van der Waals surface area contributed by atoms with Crippen molar-refractivity contribution in [1.29, 1.82) is 0 Å². The van der Waals surface area contributed by atoms with Crippen molar-refractivity contribution in [1.82, 2.24) is 0 Å². The molecular weight excluding hydrogens is 370 g/mol. The van der Waals surface area contributed by atoms with E-state index in [4.69, 9.17) is 11.6 Å². The molecule has 0 aliphatic rings. The zero-order valence-corrected chi connectivity index (χ0v) is 15.8. The minimum Gasteiger partial charge on any atom is -0.280 e. The summed E-state index contributed by atoms with van der Waals surface area (Å²) >= 11 is 5.95. The van der Waals surface area contributed by atoms with Gasteiger partial charge in [0.1, 0.15) is 4.90 Å². The highest BCUT2D eigenvalue weighted by Crippen LogP contribution is 2.27. The molecule has 0 aliphatic heterocycles. The van der Waals surface area contributed by atoms with Crippen molar-refractivity contribution in [2.45, 2.75) is 29.6 Å². The van der Waals surface area contributed by atoms with Gasteiger partial charge in [0, 0.05) is 11.9 Å². The van der Waals surface area contributed by atoms with Crippen LogP contribution in [0.1, 0.15) is 25.3 Å². The monoisotopic (exact) mass is 387 g/mol. The molecule has 8 heteroatoms. The zero-order chi connectivity index (χ0) is 18.1. The third-order valence-electron chi connectivity index (χ3n) is 3.45. The Hall–Kier alpha value is -1.57. The summed E-state index contributed by atoms with van der Waals surface area (Å²) in [5, 5.41) is -0.0475. The number of hydrogen-bond donors (Lipinski definition) is 1. The second kappa shape index (κ2) is 6.74. The van der Waals surface area contributed by atoms with Crippen molar-refractivity contribution in [2.24, 2.45) is 0 Å². The van der Waals surface area contributed by atoms with Gasteiger partial charge in [-0.05, 0) is 41.8 Å². The van der Waals surface area contributed by atoms with Crippen LogP contribution in [0.4, 0.5) is 5.69 Å². The lowest BCUT2D eigenvalue weighted by Gasteiger charge is -2.12. The molecule has 0 bridgehead atoms. The number of halogens is 1. The third-order valence-corrected chi connectivity index (χ3v) is 6.42. The fourth-order valence-corrected chi connectivity index (χ4v) is 4.37. The van der Waals surface area contributed by atoms with Gasteiger partial charge in [-0.2, -0.15) is 0 Å². The molecule has 1 N–H and O–H groups in total. The van der Waals surface area contributed by atoms with E-state index in [-0.39, 0.29) is 14.8 Å². The van der Waals surface area contributed by atoms with Crippen molar-refractivity contribution in [3.8, 4) is 0 Å². The summed E-state index contributed by atoms with van der Waals surface area (Å²) < 4.78 is 50.7. The third kappa shape index (κ3) is 4.28. The first-order valence-electron chi connectivity index (χ1n) is 7.13. The maximum atomic E-state index is 12.5. The van der Waals surface area contributed by atoms with E-state index >= 15 is 0 Å². The van der Waals surface area contributed by atoms with Crippen LogP contribution in [-0.2, 0) is 19.9 Å². The van der Waals surface area contributed by atoms with Gasteiger partial charge in [-0.1, -0.05) is 37.6 Å². The maximum absolute atomic E-state index is 12.5. The fraction of sp³-hybridized carbons (Fsp3) is 0.250. The lowest BCUT2D eigenvalue weighted by Crippen LogP contribution is -2.14. The van der Waals surface area contributed by atoms with Crippen LogP contribution < -0.4 is 4.72 Å². The summed E-state index contributed by atoms with van der Waals surface area (Å²) in [5.41, 5.74) is 1.45. The minimum absolute atomic E-state index is 0.0475. The van der Waals surface area contributed by atoms with Crippen LogP contribution in [-0.4, -0.2) is 23.1 Å². The molecule has 0 fully saturated rings. The topological polar surface area (TPSA) is 80.3 Å². The van der Waals surface area contributed by atoms with Gasteiger partial charge in [0.2, 0.25) is 0 Å². The van der Waals surface area contributed by atoms with E-state index in [0.29, 0.717) is 11.6 Å². The van der Waals surface area contributed by atoms with Crippen LogP contribution in [0, 0.1) is 0 Å². The number of benzene rings is 2. The standard InChI is InChI=1S/C16H18ClNO4S2/c1-11(2)12-4-6-13(7-5-12)18-24(21,22)16-10-14(23(3,19)20)8-9-15(16)17/h4-11,18H,1-3H3. The SMILES string of the molecule is CC(C)c1ccc(NS(=O)(=O)c2cc(S(C)(=O)=O)ccc2Cl)cc1. The van der Waals surface area contributed by atoms with E-state index in [2.05, 4.69) is 4.72 Å². The average Bonchev–Trinajstić information content (AvgIpc) is 2.46. The molecule has 0 aliphatic carbocycles. The maximum Gasteiger partial charge on any atom is 0.263 e. The van der Waals surface area contributed by atoms with E-state index in [1.54, 1.807) is 12.1 Å². The predicted molar refractivity (Wildman–Crippen MR) is 95.9 cm³/mol. The molecule has 0 saturated carbocycles. The number of sulfonamides is 1. The molecule has 130 valence electrons. The van der Waals surface area contributed by atoms with Crippen LogP contribution in [0.5, 0.6) is 0 Å². The van der Waals surface area contributed by atoms with Crippen LogP contribution in [0.3, 0.4) is 0 Å². The summed E-state index contributed by atoms with van der Waals surface area (Å²) in [4.78, 5) is -0.387. The number of nitrogens with one attached hydrogen (secondary N) is 1. The van der Waals surface area contributed by atoms with Crippen LogP contribution >= 0.6 is 11.6 Å². The summed E-state index contributed by atoms with van der Waals surface area (Å²) in [7, 11) is -7.55. The van der Waals surface area contributed by atoms with E-state index in [1.807, 2.05) is 26.0 Å². The lowest BCUT2D eigenvalue weighted by molar-refractivity contribution is 0.600. The molecule has 2 aromatic carbocycles. The lowest BCUT2D eigenvalue weighted by atomic mass is 10.0. The van der Waals surface area contributed by atoms with Crippen LogP contribution in [0.15, 0.2) is 52.3 Å². The summed E-state index contributed by atoms with van der Waals surface area (Å²) in [6.07, 6.45) is 1.00. The molecular formula is C16H18ClNO4S2. The zero-order valence-electron chi connectivity index (χ0n) is 13.4. The van der Waals surface area contributed by atoms with Crippen molar-refractivity contribution in [3.05, 3.63) is 53.1 Å². The van der Waals surface area contributed by atoms with Gasteiger partial charge in [-0.25, -0.2) is 16.8 Å². The Morgan fingerprint density at radius 1 is 0.958 bits per heavy atom. The smallest absolute Gasteiger partial charge is 0.263 e. The van der Waals surface area contributed by atoms with Crippen molar-refractivity contribution in [3.63, 3.8) is 0 Å². The molecule has 24 heavy (non-hydrogen) atoms. The molecule has 0 atom stereocenters. The first kappa shape index (κ1) is 18.8. The molecule has 0 saturated heterocycles. The summed E-state index contributed by atoms with van der Waals surface area (Å²) in [6, 6.07) is 10.6. The Kier molecular flexibility index (Phi) is 5.27. The van der Waals surface area contributed by atoms with Gasteiger partial charge < -0.3 is 0 Å². The Bertz CT molecular complexity index is 950. The Morgan fingerprint density at radius 3 is 2.04 bits per heavy atom. The predicted octanol–water partition coefficient (Wildman–Crippen LogP) is 3.67. The van der Waals surface area contributed by atoms with Gasteiger partial charge in [0.25, 0.3) is 10.0 Å². The molecule has 0 unspecified atom stereocenters. The van der Waals surface area contributed by atoms with Crippen LogP contribution in [0.25, 0.3) is 0 Å². The Labute approximate surface area is 147 Å².